The molecule has 51 heavy (non-hydrogen) atoms. The number of hydrogen-bond acceptors (Lipinski definition) is 8. The molecule has 0 aliphatic carbocycles. The van der Waals surface area contributed by atoms with Crippen LogP contribution >= 0.6 is 47.8 Å². The van der Waals surface area contributed by atoms with Crippen LogP contribution in [-0.4, -0.2) is 42.7 Å². The molecule has 2 aromatic carbocycles. The summed E-state index contributed by atoms with van der Waals surface area (Å²) in [5.74, 6) is -0.345. The number of rotatable bonds is 7. The van der Waals surface area contributed by atoms with Crippen LogP contribution in [0.1, 0.15) is 25.0 Å². The van der Waals surface area contributed by atoms with E-state index in [1.165, 1.54) is 48.8 Å². The highest BCUT2D eigenvalue weighted by Crippen LogP contribution is 2.27. The van der Waals surface area contributed by atoms with Gasteiger partial charge in [-0.25, -0.2) is 0 Å². The van der Waals surface area contributed by atoms with Gasteiger partial charge in [-0.05, 0) is 78.0 Å². The van der Waals surface area contributed by atoms with Crippen molar-refractivity contribution in [2.45, 2.75) is 25.7 Å². The zero-order valence-corrected chi connectivity index (χ0v) is 32.1. The number of benzene rings is 2. The molecule has 2 amide bonds. The third-order valence-electron chi connectivity index (χ3n) is 6.96. The molecule has 14 nitrogen and oxygen atoms in total. The number of nitrogens with zero attached hydrogens (tertiary/aromatic N) is 5. The Bertz CT molecular complexity index is 2080. The summed E-state index contributed by atoms with van der Waals surface area (Å²) in [7, 11) is 0. The van der Waals surface area contributed by atoms with Gasteiger partial charge in [-0.15, -0.1) is 0 Å². The average molecular weight is 891 g/mol. The van der Waals surface area contributed by atoms with E-state index in [1.54, 1.807) is 35.6 Å². The van der Waals surface area contributed by atoms with Crippen LogP contribution < -0.4 is 21.2 Å². The quantitative estimate of drug-likeness (QED) is 0.151. The summed E-state index contributed by atoms with van der Waals surface area (Å²) in [6.07, 6.45) is 13.2. The lowest BCUT2D eigenvalue weighted by molar-refractivity contribution is -0.496. The Kier molecular flexibility index (Phi) is 17.8. The Morgan fingerprint density at radius 3 is 1.78 bits per heavy atom. The molecule has 0 fully saturated rings. The Hall–Kier alpha value is -4.30. The van der Waals surface area contributed by atoms with E-state index in [-0.39, 0.29) is 22.8 Å². The Morgan fingerprint density at radius 1 is 0.725 bits per heavy atom. The number of aromatic nitrogens is 4. The Labute approximate surface area is 318 Å². The molecule has 0 aliphatic heterocycles. The predicted molar refractivity (Wildman–Crippen MR) is 208 cm³/mol. The molecule has 268 valence electrons. The van der Waals surface area contributed by atoms with E-state index in [0.717, 1.165) is 30.6 Å². The summed E-state index contributed by atoms with van der Waals surface area (Å²) in [5.41, 5.74) is 5.41. The SMILES string of the molecule is BrCc1ccc2cncc(Br)c2c1.CC(=O)N(Cc1ccc2cncc(Br)c2c1)c1ccncc1[NH2+][O-].CC(=O)Nc1ccncc1[NH2+][O-].O.O. The van der Waals surface area contributed by atoms with E-state index in [9.17, 15) is 20.0 Å². The number of fused-ring (bicyclic) bond motifs is 2. The minimum Gasteiger partial charge on any atom is -0.630 e. The van der Waals surface area contributed by atoms with Crippen molar-refractivity contribution < 1.29 is 31.5 Å². The highest BCUT2D eigenvalue weighted by molar-refractivity contribution is 9.11. The van der Waals surface area contributed by atoms with Crippen LogP contribution in [0.15, 0.2) is 107 Å². The number of anilines is 2. The van der Waals surface area contributed by atoms with Gasteiger partial charge in [0.05, 0.1) is 18.9 Å². The fourth-order valence-electron chi connectivity index (χ4n) is 4.62. The van der Waals surface area contributed by atoms with Gasteiger partial charge in [-0.3, -0.25) is 29.5 Å². The molecule has 0 saturated heterocycles. The van der Waals surface area contributed by atoms with Crippen molar-refractivity contribution in [2.24, 2.45) is 0 Å². The lowest BCUT2D eigenvalue weighted by Crippen LogP contribution is -2.70. The monoisotopic (exact) mass is 888 g/mol. The van der Waals surface area contributed by atoms with Gasteiger partial charge in [0.1, 0.15) is 11.4 Å². The van der Waals surface area contributed by atoms with E-state index >= 15 is 0 Å². The molecule has 0 atom stereocenters. The fraction of sp³-hybridized carbons (Fsp3) is 0.118. The number of alkyl halides is 1. The Morgan fingerprint density at radius 2 is 1.25 bits per heavy atom. The first-order chi connectivity index (χ1) is 23.6. The van der Waals surface area contributed by atoms with Crippen molar-refractivity contribution in [3.05, 3.63) is 129 Å². The van der Waals surface area contributed by atoms with E-state index in [1.807, 2.05) is 30.6 Å². The molecule has 6 aromatic rings. The maximum Gasteiger partial charge on any atom is 0.224 e. The second-order valence-electron chi connectivity index (χ2n) is 10.4. The summed E-state index contributed by atoms with van der Waals surface area (Å²) in [4.78, 5) is 40.3. The molecule has 6 rings (SSSR count). The van der Waals surface area contributed by atoms with Gasteiger partial charge in [0.15, 0.2) is 11.4 Å². The summed E-state index contributed by atoms with van der Waals surface area (Å²) < 4.78 is 1.95. The molecule has 4 aromatic heterocycles. The van der Waals surface area contributed by atoms with Gasteiger partial charge < -0.3 is 42.5 Å². The highest BCUT2D eigenvalue weighted by Gasteiger charge is 2.17. The lowest BCUT2D eigenvalue weighted by Gasteiger charge is -2.23. The zero-order chi connectivity index (χ0) is 35.3. The first-order valence-electron chi connectivity index (χ1n) is 14.6. The number of amides is 2. The first-order valence-corrected chi connectivity index (χ1v) is 17.3. The van der Waals surface area contributed by atoms with Crippen LogP contribution in [0.5, 0.6) is 0 Å². The van der Waals surface area contributed by atoms with Crippen molar-refractivity contribution in [3.63, 3.8) is 0 Å². The van der Waals surface area contributed by atoms with Crippen molar-refractivity contribution >= 4 is 104 Å². The fourth-order valence-corrected chi connectivity index (χ4v) is 5.89. The summed E-state index contributed by atoms with van der Waals surface area (Å²) >= 11 is 10.4. The zero-order valence-electron chi connectivity index (χ0n) is 27.3. The van der Waals surface area contributed by atoms with E-state index in [2.05, 4.69) is 91.2 Å². The van der Waals surface area contributed by atoms with Crippen LogP contribution in [0.25, 0.3) is 21.5 Å². The van der Waals surface area contributed by atoms with Crippen molar-refractivity contribution in [1.82, 2.24) is 19.9 Å². The lowest BCUT2D eigenvalue weighted by atomic mass is 10.1. The smallest absolute Gasteiger partial charge is 0.224 e. The predicted octanol–water partition coefficient (Wildman–Crippen LogP) is 4.61. The molecule has 0 radical (unpaired) electrons. The number of carbonyl (C=O) groups excluding carboxylic acids is 2. The third kappa shape index (κ3) is 11.9. The largest absolute Gasteiger partial charge is 0.630 e. The number of nitrogens with two attached hydrogens (primary N) is 2. The number of hydrogen-bond donors (Lipinski definition) is 3. The standard InChI is InChI=1S/C17H15BrN4O2.C10H7Br2N.C7H9N3O2.2H2O/c1-11(23)22(17-4-5-19-9-16(17)21-24)10-12-2-3-13-7-20-8-15(18)14(13)6-12;11-4-7-1-2-8-5-13-6-10(12)9(8)3-7;1-5(11)9-6-2-3-8-4-7(6)10-12;;/h2-9H,10,21H2,1H3;1-3,5-6H,4H2;2-4H,10H2,1H3,(H,8,9,11);2*1H2. The minimum atomic E-state index is -0.204. The molecule has 0 aliphatic rings. The van der Waals surface area contributed by atoms with Crippen molar-refractivity contribution in [2.75, 3.05) is 10.2 Å². The Balaban J connectivity index is 0.000000284. The molecular formula is C34H35Br3N8O6. The molecule has 17 heteroatoms. The van der Waals surface area contributed by atoms with Gasteiger partial charge >= 0.3 is 0 Å². The van der Waals surface area contributed by atoms with Gasteiger partial charge in [-0.2, -0.15) is 0 Å². The molecular weight excluding hydrogens is 856 g/mol. The molecule has 0 unspecified atom stereocenters. The summed E-state index contributed by atoms with van der Waals surface area (Å²) in [6, 6.07) is 15.5. The second-order valence-corrected chi connectivity index (χ2v) is 12.7. The third-order valence-corrected chi connectivity index (χ3v) is 8.87. The van der Waals surface area contributed by atoms with Crippen LogP contribution in [0.2, 0.25) is 0 Å². The van der Waals surface area contributed by atoms with Gasteiger partial charge in [0, 0.05) is 76.1 Å². The van der Waals surface area contributed by atoms with Crippen LogP contribution in [-0.2, 0) is 21.5 Å². The van der Waals surface area contributed by atoms with Crippen LogP contribution in [0.4, 0.5) is 22.7 Å². The van der Waals surface area contributed by atoms with E-state index in [0.29, 0.717) is 40.3 Å². The van der Waals surface area contributed by atoms with E-state index < -0.39 is 0 Å². The van der Waals surface area contributed by atoms with Crippen molar-refractivity contribution in [3.8, 4) is 0 Å². The summed E-state index contributed by atoms with van der Waals surface area (Å²) in [6.45, 7) is 3.23. The topological polar surface area (TPSA) is 243 Å². The van der Waals surface area contributed by atoms with Gasteiger partial charge in [0.2, 0.25) is 11.8 Å². The number of pyridine rings is 4. The number of quaternary nitrogens is 2. The highest BCUT2D eigenvalue weighted by atomic mass is 79.9. The van der Waals surface area contributed by atoms with Gasteiger partial charge in [-0.1, -0.05) is 40.2 Å². The minimum absolute atomic E-state index is 0. The number of halogens is 3. The first kappa shape index (κ1) is 42.9. The number of nitrogens with one attached hydrogen (secondary N) is 1. The van der Waals surface area contributed by atoms with Gasteiger partial charge in [0.25, 0.3) is 0 Å². The van der Waals surface area contributed by atoms with E-state index in [4.69, 9.17) is 0 Å². The molecule has 0 spiro atoms. The summed E-state index contributed by atoms with van der Waals surface area (Å²) in [5, 5.41) is 29.5. The maximum atomic E-state index is 12.1. The molecule has 0 bridgehead atoms. The van der Waals surface area contributed by atoms with Crippen LogP contribution in [0.3, 0.4) is 0 Å². The maximum absolute atomic E-state index is 12.1. The van der Waals surface area contributed by atoms with Crippen molar-refractivity contribution in [1.29, 1.82) is 0 Å². The molecule has 0 saturated carbocycles. The normalized spacial score (nSPS) is 10.0. The molecule has 9 N–H and O–H groups in total. The molecule has 4 heterocycles. The van der Waals surface area contributed by atoms with Crippen LogP contribution in [0, 0.1) is 10.4 Å². The second kappa shape index (κ2) is 21.2. The number of carbonyl (C=O) groups is 2. The average Bonchev–Trinajstić information content (AvgIpc) is 3.11.